The second-order valence-electron chi connectivity index (χ2n) is 8.75. The molecule has 1 N–H and O–H groups in total. The van der Waals surface area contributed by atoms with Crippen LogP contribution >= 0.6 is 0 Å². The number of aliphatic hydroxyl groups excluding tert-OH is 1. The summed E-state index contributed by atoms with van der Waals surface area (Å²) in [6.45, 7) is 2.52. The van der Waals surface area contributed by atoms with Gasteiger partial charge in [0.1, 0.15) is 11.9 Å². The smallest absolute Gasteiger partial charge is 0.337 e. The fourth-order valence-electron chi connectivity index (χ4n) is 4.76. The van der Waals surface area contributed by atoms with Gasteiger partial charge in [-0.3, -0.25) is 4.90 Å². The van der Waals surface area contributed by atoms with Crippen LogP contribution in [0.15, 0.2) is 28.8 Å². The van der Waals surface area contributed by atoms with Crippen LogP contribution in [0.4, 0.5) is 0 Å². The van der Waals surface area contributed by atoms with Crippen molar-refractivity contribution in [1.82, 2.24) is 15.0 Å². The second-order valence-corrected chi connectivity index (χ2v) is 8.75. The fraction of sp³-hybridized carbons (Fsp3) is 0.591. The molecule has 2 saturated carbocycles. The van der Waals surface area contributed by atoms with Crippen LogP contribution in [0.1, 0.15) is 53.7 Å². The van der Waals surface area contributed by atoms with Crippen molar-refractivity contribution < 1.29 is 23.9 Å². The van der Waals surface area contributed by atoms with E-state index < -0.39 is 12.1 Å². The summed E-state index contributed by atoms with van der Waals surface area (Å²) in [5.41, 5.74) is 0.440. The average molecular weight is 413 g/mol. The summed E-state index contributed by atoms with van der Waals surface area (Å²) in [6, 6.07) is 6.92. The summed E-state index contributed by atoms with van der Waals surface area (Å²) in [6.07, 6.45) is 2.99. The van der Waals surface area contributed by atoms with Gasteiger partial charge in [0.25, 0.3) is 0 Å². The lowest BCUT2D eigenvalue weighted by Crippen LogP contribution is -2.42. The molecule has 0 unspecified atom stereocenters. The van der Waals surface area contributed by atoms with Gasteiger partial charge in [-0.2, -0.15) is 4.98 Å². The zero-order valence-corrected chi connectivity index (χ0v) is 17.1. The lowest BCUT2D eigenvalue weighted by Gasteiger charge is -2.35. The van der Waals surface area contributed by atoms with Crippen molar-refractivity contribution in [2.75, 3.05) is 20.2 Å². The lowest BCUT2D eigenvalue weighted by molar-refractivity contribution is -0.0231. The van der Waals surface area contributed by atoms with Crippen molar-refractivity contribution in [2.45, 2.75) is 50.4 Å². The molecule has 160 valence electrons. The Bertz CT molecular complexity index is 912. The van der Waals surface area contributed by atoms with Crippen molar-refractivity contribution in [1.29, 1.82) is 0 Å². The highest BCUT2D eigenvalue weighted by molar-refractivity contribution is 5.89. The first-order chi connectivity index (χ1) is 14.6. The Hall–Kier alpha value is -2.45. The highest BCUT2D eigenvalue weighted by atomic mass is 16.5. The normalized spacial score (nSPS) is 28.9. The molecule has 0 bridgehead atoms. The number of nitrogens with zero attached hydrogens (tertiary/aromatic N) is 3. The first kappa shape index (κ1) is 19.5. The predicted molar refractivity (Wildman–Crippen MR) is 106 cm³/mol. The van der Waals surface area contributed by atoms with E-state index in [4.69, 9.17) is 14.0 Å². The monoisotopic (exact) mass is 413 g/mol. The van der Waals surface area contributed by atoms with Gasteiger partial charge in [0.05, 0.1) is 25.3 Å². The van der Waals surface area contributed by atoms with E-state index >= 15 is 0 Å². The number of aliphatic hydroxyl groups is 1. The van der Waals surface area contributed by atoms with Crippen LogP contribution in [0.2, 0.25) is 0 Å². The maximum Gasteiger partial charge on any atom is 0.337 e. The van der Waals surface area contributed by atoms with E-state index in [2.05, 4.69) is 15.0 Å². The maximum atomic E-state index is 11.8. The maximum absolute atomic E-state index is 11.8. The van der Waals surface area contributed by atoms with Crippen LogP contribution in [-0.4, -0.2) is 58.5 Å². The Kier molecular flexibility index (Phi) is 5.20. The van der Waals surface area contributed by atoms with E-state index in [0.717, 1.165) is 38.2 Å². The van der Waals surface area contributed by atoms with Crippen LogP contribution in [0.25, 0.3) is 0 Å². The lowest BCUT2D eigenvalue weighted by atomic mass is 9.78. The Morgan fingerprint density at radius 3 is 2.83 bits per heavy atom. The Morgan fingerprint density at radius 2 is 2.07 bits per heavy atom. The number of esters is 1. The molecule has 1 aromatic heterocycles. The Labute approximate surface area is 175 Å². The number of aromatic nitrogens is 2. The van der Waals surface area contributed by atoms with E-state index in [9.17, 15) is 9.90 Å². The molecule has 3 aliphatic rings. The molecule has 0 spiro atoms. The Morgan fingerprint density at radius 1 is 1.27 bits per heavy atom. The van der Waals surface area contributed by atoms with Crippen molar-refractivity contribution in [3.05, 3.63) is 41.5 Å². The van der Waals surface area contributed by atoms with Gasteiger partial charge in [0, 0.05) is 19.0 Å². The molecule has 30 heavy (non-hydrogen) atoms. The third kappa shape index (κ3) is 4.06. The minimum absolute atomic E-state index is 0.288. The predicted octanol–water partition coefficient (Wildman–Crippen LogP) is 2.38. The third-order valence-electron chi connectivity index (χ3n) is 6.49. The molecule has 2 aliphatic carbocycles. The quantitative estimate of drug-likeness (QED) is 0.721. The van der Waals surface area contributed by atoms with Crippen LogP contribution in [0.5, 0.6) is 5.75 Å². The summed E-state index contributed by atoms with van der Waals surface area (Å²) in [7, 11) is 1.35. The van der Waals surface area contributed by atoms with Crippen molar-refractivity contribution in [2.24, 2.45) is 11.8 Å². The summed E-state index contributed by atoms with van der Waals surface area (Å²) in [4.78, 5) is 18.6. The minimum atomic E-state index is -0.530. The van der Waals surface area contributed by atoms with Gasteiger partial charge in [-0.05, 0) is 55.7 Å². The number of methoxy groups -OCH3 is 1. The van der Waals surface area contributed by atoms with E-state index in [-0.39, 0.29) is 6.10 Å². The molecular weight excluding hydrogens is 386 g/mol. The molecule has 1 saturated heterocycles. The first-order valence-corrected chi connectivity index (χ1v) is 10.7. The average Bonchev–Trinajstić information content (AvgIpc) is 3.38. The molecule has 4 atom stereocenters. The number of ether oxygens (including phenoxy) is 2. The number of rotatable bonds is 6. The number of likely N-dealkylation sites (tertiary alicyclic amines) is 1. The van der Waals surface area contributed by atoms with Crippen LogP contribution in [-0.2, 0) is 11.3 Å². The standard InChI is InChI=1S/C22H27N3O5/c1-28-22(27)14-3-2-4-17(7-14)29-19-9-16-11-25(10-15(16)8-18(19)26)12-20-23-21(24-30-20)13-5-6-13/h2-4,7,13,15-16,18-19,26H,5-6,8-12H2,1H3/t15-,16+,18+,19+/m0/s1. The zero-order valence-electron chi connectivity index (χ0n) is 17.1. The highest BCUT2D eigenvalue weighted by Gasteiger charge is 2.43. The molecule has 0 radical (unpaired) electrons. The molecule has 2 aromatic rings. The summed E-state index contributed by atoms with van der Waals surface area (Å²) in [5, 5.41) is 14.8. The van der Waals surface area contributed by atoms with Gasteiger partial charge in [-0.25, -0.2) is 4.79 Å². The van der Waals surface area contributed by atoms with Crippen molar-refractivity contribution in [3.8, 4) is 5.75 Å². The molecule has 3 fully saturated rings. The molecule has 5 rings (SSSR count). The SMILES string of the molecule is COC(=O)c1cccc(O[C@@H]2C[C@@H]3CN(Cc4nc(C5CC5)no4)C[C@@H]3C[C@H]2O)c1. The number of carbonyl (C=O) groups is 1. The highest BCUT2D eigenvalue weighted by Crippen LogP contribution is 2.40. The van der Waals surface area contributed by atoms with E-state index in [1.54, 1.807) is 24.3 Å². The number of benzene rings is 1. The fourth-order valence-corrected chi connectivity index (χ4v) is 4.76. The molecular formula is C22H27N3O5. The van der Waals surface area contributed by atoms with Crippen LogP contribution in [0.3, 0.4) is 0 Å². The van der Waals surface area contributed by atoms with Crippen molar-refractivity contribution >= 4 is 5.97 Å². The molecule has 8 nitrogen and oxygen atoms in total. The van der Waals surface area contributed by atoms with E-state index in [1.165, 1.54) is 7.11 Å². The number of carbonyl (C=O) groups excluding carboxylic acids is 1. The van der Waals surface area contributed by atoms with E-state index in [1.807, 2.05) is 0 Å². The Balaban J connectivity index is 1.20. The molecule has 0 amide bonds. The topological polar surface area (TPSA) is 97.9 Å². The van der Waals surface area contributed by atoms with Gasteiger partial charge in [0.2, 0.25) is 5.89 Å². The molecule has 2 heterocycles. The van der Waals surface area contributed by atoms with Crippen molar-refractivity contribution in [3.63, 3.8) is 0 Å². The van der Waals surface area contributed by atoms with Gasteiger partial charge >= 0.3 is 5.97 Å². The van der Waals surface area contributed by atoms with Gasteiger partial charge in [-0.1, -0.05) is 11.2 Å². The second kappa shape index (κ2) is 8.00. The minimum Gasteiger partial charge on any atom is -0.488 e. The molecule has 1 aliphatic heterocycles. The van der Waals surface area contributed by atoms with Crippen LogP contribution in [0, 0.1) is 11.8 Å². The number of hydrogen-bond acceptors (Lipinski definition) is 8. The zero-order chi connectivity index (χ0) is 20.7. The largest absolute Gasteiger partial charge is 0.488 e. The van der Waals surface area contributed by atoms with E-state index in [0.29, 0.717) is 47.9 Å². The van der Waals surface area contributed by atoms with Crippen LogP contribution < -0.4 is 4.74 Å². The number of hydrogen-bond donors (Lipinski definition) is 1. The van der Waals surface area contributed by atoms with Gasteiger partial charge < -0.3 is 19.1 Å². The third-order valence-corrected chi connectivity index (χ3v) is 6.49. The first-order valence-electron chi connectivity index (χ1n) is 10.7. The molecule has 8 heteroatoms. The molecule has 1 aromatic carbocycles. The summed E-state index contributed by atoms with van der Waals surface area (Å²) < 4.78 is 16.3. The summed E-state index contributed by atoms with van der Waals surface area (Å²) >= 11 is 0. The van der Waals surface area contributed by atoms with Gasteiger partial charge in [-0.15, -0.1) is 0 Å². The summed E-state index contributed by atoms with van der Waals surface area (Å²) in [5.74, 6) is 3.09. The number of fused-ring (bicyclic) bond motifs is 1. The van der Waals surface area contributed by atoms with Gasteiger partial charge in [0.15, 0.2) is 5.82 Å².